The maximum absolute atomic E-state index is 13.5. The van der Waals surface area contributed by atoms with Crippen LogP contribution in [0.1, 0.15) is 5.56 Å². The minimum Gasteiger partial charge on any atom is -0.480 e. The maximum Gasteiger partial charge on any atom is 0.265 e. The summed E-state index contributed by atoms with van der Waals surface area (Å²) in [5.41, 5.74) is 2.92. The minimum atomic E-state index is -0.585. The van der Waals surface area contributed by atoms with E-state index in [1.807, 2.05) is 24.3 Å². The van der Waals surface area contributed by atoms with E-state index in [0.717, 1.165) is 11.3 Å². The molecule has 0 radical (unpaired) electrons. The van der Waals surface area contributed by atoms with E-state index in [1.165, 1.54) is 12.1 Å². The molecule has 3 aromatic rings. The topological polar surface area (TPSA) is 51.2 Å². The van der Waals surface area contributed by atoms with E-state index in [1.54, 1.807) is 30.6 Å². The van der Waals surface area contributed by atoms with Crippen molar-refractivity contribution >= 4 is 11.6 Å². The number of nitrogens with zero attached hydrogens (tertiary/aromatic N) is 1. The summed E-state index contributed by atoms with van der Waals surface area (Å²) in [6, 6.07) is 15.6. The summed E-state index contributed by atoms with van der Waals surface area (Å²) in [6.45, 7) is 0. The highest BCUT2D eigenvalue weighted by Crippen LogP contribution is 2.31. The van der Waals surface area contributed by atoms with Crippen LogP contribution in [0.3, 0.4) is 0 Å². The molecule has 25 heavy (non-hydrogen) atoms. The molecule has 1 N–H and O–H groups in total. The van der Waals surface area contributed by atoms with Crippen molar-refractivity contribution in [1.29, 1.82) is 0 Å². The standard InChI is InChI=1S/C20H15FN2O2/c21-15-6-3-5-13(10-15)16-8-9-22-12-17(16)23-20(24)19-11-14-4-1-2-7-18(14)25-19/h1-10,12,19H,11H2,(H,23,24)/t19-/m1/s1. The number of halogens is 1. The molecule has 2 heterocycles. The lowest BCUT2D eigenvalue weighted by molar-refractivity contribution is -0.122. The van der Waals surface area contributed by atoms with E-state index in [2.05, 4.69) is 10.3 Å². The van der Waals surface area contributed by atoms with Gasteiger partial charge >= 0.3 is 0 Å². The van der Waals surface area contributed by atoms with E-state index in [9.17, 15) is 9.18 Å². The third-order valence-electron chi connectivity index (χ3n) is 4.15. The summed E-state index contributed by atoms with van der Waals surface area (Å²) in [5, 5.41) is 2.86. The zero-order valence-corrected chi connectivity index (χ0v) is 13.3. The number of carbonyl (C=O) groups is 1. The Kier molecular flexibility index (Phi) is 3.90. The van der Waals surface area contributed by atoms with Gasteiger partial charge in [-0.3, -0.25) is 9.78 Å². The Hall–Kier alpha value is -3.21. The Balaban J connectivity index is 1.57. The second kappa shape index (κ2) is 6.36. The normalized spacial score (nSPS) is 15.3. The van der Waals surface area contributed by atoms with E-state index < -0.39 is 6.10 Å². The van der Waals surface area contributed by atoms with Gasteiger partial charge in [0, 0.05) is 18.2 Å². The van der Waals surface area contributed by atoms with Gasteiger partial charge in [-0.15, -0.1) is 0 Å². The molecule has 1 atom stereocenters. The van der Waals surface area contributed by atoms with Crippen LogP contribution in [0.4, 0.5) is 10.1 Å². The van der Waals surface area contributed by atoms with E-state index in [0.29, 0.717) is 23.2 Å². The van der Waals surface area contributed by atoms with Gasteiger partial charge in [-0.1, -0.05) is 30.3 Å². The number of fused-ring (bicyclic) bond motifs is 1. The molecule has 1 amide bonds. The number of amides is 1. The number of para-hydroxylation sites is 1. The number of aromatic nitrogens is 1. The zero-order valence-electron chi connectivity index (χ0n) is 13.3. The number of ether oxygens (including phenoxy) is 1. The molecule has 1 aliphatic rings. The fourth-order valence-corrected chi connectivity index (χ4v) is 2.94. The van der Waals surface area contributed by atoms with Crippen molar-refractivity contribution in [3.8, 4) is 16.9 Å². The van der Waals surface area contributed by atoms with Crippen LogP contribution in [0, 0.1) is 5.82 Å². The van der Waals surface area contributed by atoms with Crippen LogP contribution in [-0.2, 0) is 11.2 Å². The molecule has 1 aliphatic heterocycles. The van der Waals surface area contributed by atoms with Gasteiger partial charge in [0.2, 0.25) is 0 Å². The smallest absolute Gasteiger partial charge is 0.265 e. The molecule has 0 fully saturated rings. The van der Waals surface area contributed by atoms with Crippen molar-refractivity contribution in [1.82, 2.24) is 4.98 Å². The first-order valence-electron chi connectivity index (χ1n) is 7.96. The first-order valence-corrected chi connectivity index (χ1v) is 7.96. The molecule has 4 rings (SSSR count). The fourth-order valence-electron chi connectivity index (χ4n) is 2.94. The number of rotatable bonds is 3. The molecule has 2 aromatic carbocycles. The highest BCUT2D eigenvalue weighted by molar-refractivity contribution is 5.98. The van der Waals surface area contributed by atoms with Gasteiger partial charge in [0.05, 0.1) is 11.9 Å². The van der Waals surface area contributed by atoms with Crippen molar-refractivity contribution in [3.05, 3.63) is 78.4 Å². The predicted molar refractivity (Wildman–Crippen MR) is 92.8 cm³/mol. The molecule has 0 saturated heterocycles. The van der Waals surface area contributed by atoms with Crippen LogP contribution in [0.25, 0.3) is 11.1 Å². The van der Waals surface area contributed by atoms with Crippen LogP contribution in [0.2, 0.25) is 0 Å². The van der Waals surface area contributed by atoms with Gasteiger partial charge < -0.3 is 10.1 Å². The number of nitrogens with one attached hydrogen (secondary N) is 1. The van der Waals surface area contributed by atoms with E-state index in [-0.39, 0.29) is 11.7 Å². The highest BCUT2D eigenvalue weighted by atomic mass is 19.1. The zero-order chi connectivity index (χ0) is 17.2. The third kappa shape index (κ3) is 3.08. The summed E-state index contributed by atoms with van der Waals surface area (Å²) < 4.78 is 19.2. The van der Waals surface area contributed by atoms with Gasteiger partial charge in [-0.25, -0.2) is 4.39 Å². The average Bonchev–Trinajstić information content (AvgIpc) is 3.06. The van der Waals surface area contributed by atoms with Crippen LogP contribution >= 0.6 is 0 Å². The van der Waals surface area contributed by atoms with Crippen molar-refractivity contribution < 1.29 is 13.9 Å². The van der Waals surface area contributed by atoms with Gasteiger partial charge in [-0.2, -0.15) is 0 Å². The van der Waals surface area contributed by atoms with Crippen LogP contribution < -0.4 is 10.1 Å². The molecule has 4 nitrogen and oxygen atoms in total. The van der Waals surface area contributed by atoms with Gasteiger partial charge in [0.25, 0.3) is 5.91 Å². The lowest BCUT2D eigenvalue weighted by Gasteiger charge is -2.14. The molecular weight excluding hydrogens is 319 g/mol. The number of carbonyl (C=O) groups excluding carboxylic acids is 1. The summed E-state index contributed by atoms with van der Waals surface area (Å²) in [4.78, 5) is 16.7. The monoisotopic (exact) mass is 334 g/mol. The maximum atomic E-state index is 13.5. The predicted octanol–water partition coefficient (Wildman–Crippen LogP) is 3.83. The van der Waals surface area contributed by atoms with Crippen molar-refractivity contribution in [2.45, 2.75) is 12.5 Å². The number of hydrogen-bond donors (Lipinski definition) is 1. The molecule has 0 aliphatic carbocycles. The second-order valence-electron chi connectivity index (χ2n) is 5.84. The lowest BCUT2D eigenvalue weighted by atomic mass is 10.0. The molecular formula is C20H15FN2O2. The van der Waals surface area contributed by atoms with E-state index in [4.69, 9.17) is 4.74 Å². The second-order valence-corrected chi connectivity index (χ2v) is 5.84. The quantitative estimate of drug-likeness (QED) is 0.792. The summed E-state index contributed by atoms with van der Waals surface area (Å²) in [5.74, 6) is 0.155. The Morgan fingerprint density at radius 3 is 2.88 bits per heavy atom. The number of anilines is 1. The lowest BCUT2D eigenvalue weighted by Crippen LogP contribution is -2.31. The van der Waals surface area contributed by atoms with E-state index >= 15 is 0 Å². The Labute approximate surface area is 144 Å². The molecule has 5 heteroatoms. The third-order valence-corrected chi connectivity index (χ3v) is 4.15. The Morgan fingerprint density at radius 1 is 1.16 bits per heavy atom. The molecule has 0 unspecified atom stereocenters. The highest BCUT2D eigenvalue weighted by Gasteiger charge is 2.29. The Bertz CT molecular complexity index is 917. The summed E-state index contributed by atoms with van der Waals surface area (Å²) >= 11 is 0. The first-order chi connectivity index (χ1) is 12.2. The number of hydrogen-bond acceptors (Lipinski definition) is 3. The molecule has 0 bridgehead atoms. The SMILES string of the molecule is O=C(Nc1cnccc1-c1cccc(F)c1)[C@H]1Cc2ccccc2O1. The van der Waals surface area contributed by atoms with Gasteiger partial charge in [-0.05, 0) is 35.4 Å². The van der Waals surface area contributed by atoms with Crippen molar-refractivity contribution in [2.75, 3.05) is 5.32 Å². The fraction of sp³-hybridized carbons (Fsp3) is 0.100. The average molecular weight is 334 g/mol. The number of pyridine rings is 1. The summed E-state index contributed by atoms with van der Waals surface area (Å²) in [7, 11) is 0. The van der Waals surface area contributed by atoms with Gasteiger partial charge in [0.15, 0.2) is 6.10 Å². The number of benzene rings is 2. The van der Waals surface area contributed by atoms with Crippen LogP contribution in [-0.4, -0.2) is 17.0 Å². The van der Waals surface area contributed by atoms with Gasteiger partial charge in [0.1, 0.15) is 11.6 Å². The molecule has 0 saturated carbocycles. The molecule has 1 aromatic heterocycles. The first kappa shape index (κ1) is 15.3. The minimum absolute atomic E-state index is 0.248. The van der Waals surface area contributed by atoms with Crippen LogP contribution in [0.5, 0.6) is 5.75 Å². The molecule has 124 valence electrons. The largest absolute Gasteiger partial charge is 0.480 e. The Morgan fingerprint density at radius 2 is 2.04 bits per heavy atom. The van der Waals surface area contributed by atoms with Crippen molar-refractivity contribution in [2.24, 2.45) is 0 Å². The molecule has 0 spiro atoms. The van der Waals surface area contributed by atoms with Crippen molar-refractivity contribution in [3.63, 3.8) is 0 Å². The van der Waals surface area contributed by atoms with Crippen LogP contribution in [0.15, 0.2) is 67.0 Å². The summed E-state index contributed by atoms with van der Waals surface area (Å²) in [6.07, 6.45) is 3.10.